The lowest BCUT2D eigenvalue weighted by Gasteiger charge is -2.33. The smallest absolute Gasteiger partial charge is 0.219 e. The van der Waals surface area contributed by atoms with Crippen LogP contribution in [0.2, 0.25) is 0 Å². The first kappa shape index (κ1) is 16.2. The highest BCUT2D eigenvalue weighted by molar-refractivity contribution is 5.75. The van der Waals surface area contributed by atoms with Crippen molar-refractivity contribution in [3.8, 4) is 0 Å². The summed E-state index contributed by atoms with van der Waals surface area (Å²) in [6, 6.07) is 0.436. The predicted octanol–water partition coefficient (Wildman–Crippen LogP) is 0.470. The zero-order valence-corrected chi connectivity index (χ0v) is 14.3. The Morgan fingerprint density at radius 3 is 2.50 bits per heavy atom. The Morgan fingerprint density at radius 2 is 1.77 bits per heavy atom. The average Bonchev–Trinajstić information content (AvgIpc) is 3.08. The van der Waals surface area contributed by atoms with Crippen molar-refractivity contribution in [2.24, 2.45) is 11.8 Å². The third-order valence-electron chi connectivity index (χ3n) is 5.93. The highest BCUT2D eigenvalue weighted by atomic mass is 16.1. The number of likely N-dealkylation sites (tertiary alicyclic amines) is 1. The second-order valence-corrected chi connectivity index (χ2v) is 7.43. The largest absolute Gasteiger partial charge is 0.353 e. The van der Waals surface area contributed by atoms with Gasteiger partial charge in [0.2, 0.25) is 5.91 Å². The van der Waals surface area contributed by atoms with Crippen LogP contribution in [0.5, 0.6) is 0 Å². The average molecular weight is 308 g/mol. The standard InChI is InChI=1S/C17H32N4O/c1-3-17(22)18-16-5-4-14-12-21(13-15(14)16)11-10-20-8-6-19(2)7-9-20/h14-16H,3-13H2,1-2H3,(H,18,22). The molecule has 0 aromatic heterocycles. The van der Waals surface area contributed by atoms with E-state index in [0.717, 1.165) is 5.92 Å². The monoisotopic (exact) mass is 308 g/mol. The fourth-order valence-corrected chi connectivity index (χ4v) is 4.38. The molecule has 1 amide bonds. The number of nitrogens with one attached hydrogen (secondary N) is 1. The van der Waals surface area contributed by atoms with Crippen LogP contribution in [0.4, 0.5) is 0 Å². The molecule has 0 radical (unpaired) electrons. The van der Waals surface area contributed by atoms with Gasteiger partial charge in [-0.3, -0.25) is 9.69 Å². The zero-order chi connectivity index (χ0) is 15.5. The van der Waals surface area contributed by atoms with Gasteiger partial charge in [0.1, 0.15) is 0 Å². The molecule has 5 nitrogen and oxygen atoms in total. The molecule has 3 fully saturated rings. The second kappa shape index (κ2) is 7.28. The van der Waals surface area contributed by atoms with Crippen LogP contribution in [0.25, 0.3) is 0 Å². The maximum Gasteiger partial charge on any atom is 0.219 e. The second-order valence-electron chi connectivity index (χ2n) is 7.43. The van der Waals surface area contributed by atoms with Crippen LogP contribution >= 0.6 is 0 Å². The minimum atomic E-state index is 0.224. The number of nitrogens with zero attached hydrogens (tertiary/aromatic N) is 3. The first-order valence-corrected chi connectivity index (χ1v) is 9.08. The number of fused-ring (bicyclic) bond motifs is 1. The lowest BCUT2D eigenvalue weighted by Crippen LogP contribution is -2.47. The Morgan fingerprint density at radius 1 is 1.05 bits per heavy atom. The zero-order valence-electron chi connectivity index (χ0n) is 14.3. The third kappa shape index (κ3) is 3.81. The minimum absolute atomic E-state index is 0.224. The van der Waals surface area contributed by atoms with E-state index in [4.69, 9.17) is 0 Å². The van der Waals surface area contributed by atoms with Crippen LogP contribution < -0.4 is 5.32 Å². The van der Waals surface area contributed by atoms with Crippen molar-refractivity contribution >= 4 is 5.91 Å². The van der Waals surface area contributed by atoms with Gasteiger partial charge in [-0.25, -0.2) is 0 Å². The molecule has 3 unspecified atom stereocenters. The summed E-state index contributed by atoms with van der Waals surface area (Å²) in [4.78, 5) is 19.3. The van der Waals surface area contributed by atoms with E-state index in [0.29, 0.717) is 18.4 Å². The number of carbonyl (C=O) groups is 1. The molecule has 2 saturated heterocycles. The molecule has 0 spiro atoms. The molecular formula is C17H32N4O. The van der Waals surface area contributed by atoms with E-state index >= 15 is 0 Å². The van der Waals surface area contributed by atoms with E-state index in [1.165, 1.54) is 65.2 Å². The van der Waals surface area contributed by atoms with E-state index < -0.39 is 0 Å². The van der Waals surface area contributed by atoms with Gasteiger partial charge in [-0.05, 0) is 31.7 Å². The number of piperazine rings is 1. The fourth-order valence-electron chi connectivity index (χ4n) is 4.38. The summed E-state index contributed by atoms with van der Waals surface area (Å²) in [5.41, 5.74) is 0. The Balaban J connectivity index is 1.41. The third-order valence-corrected chi connectivity index (χ3v) is 5.93. The van der Waals surface area contributed by atoms with Gasteiger partial charge in [0, 0.05) is 64.8 Å². The van der Waals surface area contributed by atoms with Crippen LogP contribution in [-0.4, -0.2) is 86.1 Å². The maximum absolute atomic E-state index is 11.7. The number of rotatable bonds is 5. The topological polar surface area (TPSA) is 38.8 Å². The highest BCUT2D eigenvalue weighted by Gasteiger charge is 2.42. The Labute approximate surface area is 135 Å². The van der Waals surface area contributed by atoms with Crippen molar-refractivity contribution in [2.75, 3.05) is 59.4 Å². The molecule has 3 rings (SSSR count). The summed E-state index contributed by atoms with van der Waals surface area (Å²) in [5, 5.41) is 3.25. The van der Waals surface area contributed by atoms with Gasteiger partial charge in [0.15, 0.2) is 0 Å². The van der Waals surface area contributed by atoms with E-state index in [1.54, 1.807) is 0 Å². The molecular weight excluding hydrogens is 276 g/mol. The van der Waals surface area contributed by atoms with E-state index in [2.05, 4.69) is 27.1 Å². The number of amides is 1. The summed E-state index contributed by atoms with van der Waals surface area (Å²) in [7, 11) is 2.21. The lowest BCUT2D eigenvalue weighted by molar-refractivity contribution is -0.121. The van der Waals surface area contributed by atoms with E-state index in [-0.39, 0.29) is 5.91 Å². The van der Waals surface area contributed by atoms with E-state index in [1.807, 2.05) is 6.92 Å². The van der Waals surface area contributed by atoms with Crippen molar-refractivity contribution in [3.63, 3.8) is 0 Å². The van der Waals surface area contributed by atoms with Crippen LogP contribution in [0, 0.1) is 11.8 Å². The van der Waals surface area contributed by atoms with Crippen molar-refractivity contribution in [3.05, 3.63) is 0 Å². The molecule has 3 aliphatic rings. The predicted molar refractivity (Wildman–Crippen MR) is 88.8 cm³/mol. The van der Waals surface area contributed by atoms with Gasteiger partial charge >= 0.3 is 0 Å². The van der Waals surface area contributed by atoms with Crippen LogP contribution in [-0.2, 0) is 4.79 Å². The van der Waals surface area contributed by atoms with Gasteiger partial charge in [-0.1, -0.05) is 6.92 Å². The number of hydrogen-bond acceptors (Lipinski definition) is 4. The molecule has 22 heavy (non-hydrogen) atoms. The van der Waals surface area contributed by atoms with Gasteiger partial charge in [-0.15, -0.1) is 0 Å². The molecule has 1 N–H and O–H groups in total. The fraction of sp³-hybridized carbons (Fsp3) is 0.941. The van der Waals surface area contributed by atoms with Gasteiger partial charge in [0.25, 0.3) is 0 Å². The molecule has 0 aromatic rings. The lowest BCUT2D eigenvalue weighted by atomic mass is 9.98. The molecule has 2 heterocycles. The maximum atomic E-state index is 11.7. The number of carbonyl (C=O) groups excluding carboxylic acids is 1. The Hall–Kier alpha value is -0.650. The van der Waals surface area contributed by atoms with Crippen molar-refractivity contribution in [1.82, 2.24) is 20.0 Å². The van der Waals surface area contributed by atoms with Gasteiger partial charge in [-0.2, -0.15) is 0 Å². The van der Waals surface area contributed by atoms with E-state index in [9.17, 15) is 4.79 Å². The normalized spacial score (nSPS) is 34.0. The SMILES string of the molecule is CCC(=O)NC1CCC2CN(CCN3CCN(C)CC3)CC21. The summed E-state index contributed by atoms with van der Waals surface area (Å²) in [6.07, 6.45) is 3.10. The highest BCUT2D eigenvalue weighted by Crippen LogP contribution is 2.38. The number of likely N-dealkylation sites (N-methyl/N-ethyl adjacent to an activating group) is 1. The van der Waals surface area contributed by atoms with Crippen molar-refractivity contribution in [2.45, 2.75) is 32.2 Å². The first-order valence-electron chi connectivity index (χ1n) is 9.08. The Kier molecular flexibility index (Phi) is 5.37. The van der Waals surface area contributed by atoms with Crippen LogP contribution in [0.15, 0.2) is 0 Å². The summed E-state index contributed by atoms with van der Waals surface area (Å²) >= 11 is 0. The Bertz CT molecular complexity index is 381. The molecule has 1 aliphatic carbocycles. The van der Waals surface area contributed by atoms with Gasteiger partial charge in [0.05, 0.1) is 0 Å². The number of hydrogen-bond donors (Lipinski definition) is 1. The molecule has 2 aliphatic heterocycles. The molecule has 0 aromatic carbocycles. The molecule has 0 bridgehead atoms. The minimum Gasteiger partial charge on any atom is -0.353 e. The van der Waals surface area contributed by atoms with Gasteiger partial charge < -0.3 is 15.1 Å². The van der Waals surface area contributed by atoms with Crippen molar-refractivity contribution in [1.29, 1.82) is 0 Å². The summed E-state index contributed by atoms with van der Waals surface area (Å²) < 4.78 is 0. The summed E-state index contributed by atoms with van der Waals surface area (Å²) in [5.74, 6) is 1.74. The quantitative estimate of drug-likeness (QED) is 0.801. The molecule has 1 saturated carbocycles. The van der Waals surface area contributed by atoms with Crippen LogP contribution in [0.3, 0.4) is 0 Å². The molecule has 126 valence electrons. The summed E-state index contributed by atoms with van der Waals surface area (Å²) in [6.45, 7) is 11.6. The van der Waals surface area contributed by atoms with Crippen molar-refractivity contribution < 1.29 is 4.79 Å². The first-order chi connectivity index (χ1) is 10.7. The molecule has 5 heteroatoms. The van der Waals surface area contributed by atoms with Crippen LogP contribution in [0.1, 0.15) is 26.2 Å². The molecule has 3 atom stereocenters.